The van der Waals surface area contributed by atoms with E-state index < -0.39 is 30.8 Å². The van der Waals surface area contributed by atoms with E-state index >= 15 is 0 Å². The average molecular weight is 584 g/mol. The van der Waals surface area contributed by atoms with Crippen LogP contribution in [0.15, 0.2) is 40.6 Å². The maximum absolute atomic E-state index is 13.9. The van der Waals surface area contributed by atoms with Gasteiger partial charge in [-0.2, -0.15) is 0 Å². The second kappa shape index (κ2) is 14.0. The van der Waals surface area contributed by atoms with Crippen LogP contribution in [0.1, 0.15) is 47.3 Å². The van der Waals surface area contributed by atoms with E-state index in [1.54, 1.807) is 39.0 Å². The standard InChI is InChI=1S/C26H28Cl2FN3O7/c1-5-36-22-13-23(39-31-22)32(14-38-26(34)37-6-2)25(33)18-8-7-17(9-15(18)3)21(30-35-4)12-16-10-19(27)24(29)20(28)11-16/h7-11,23H,5-6,12-14H2,1-4H3/b30-21+. The molecule has 1 aliphatic heterocycles. The molecule has 0 bridgehead atoms. The molecule has 1 unspecified atom stereocenters. The highest BCUT2D eigenvalue weighted by Gasteiger charge is 2.34. The zero-order valence-corrected chi connectivity index (χ0v) is 23.3. The molecule has 2 aromatic rings. The van der Waals surface area contributed by atoms with E-state index in [1.165, 1.54) is 24.1 Å². The Kier molecular flexibility index (Phi) is 10.8. The third-order valence-corrected chi connectivity index (χ3v) is 6.09. The highest BCUT2D eigenvalue weighted by Crippen LogP contribution is 2.26. The Bertz CT molecular complexity index is 1250. The number of benzene rings is 2. The molecule has 0 N–H and O–H groups in total. The van der Waals surface area contributed by atoms with Crippen LogP contribution in [-0.4, -0.2) is 61.9 Å². The van der Waals surface area contributed by atoms with Gasteiger partial charge in [-0.3, -0.25) is 9.69 Å². The molecule has 10 nitrogen and oxygen atoms in total. The zero-order chi connectivity index (χ0) is 28.5. The predicted molar refractivity (Wildman–Crippen MR) is 143 cm³/mol. The summed E-state index contributed by atoms with van der Waals surface area (Å²) in [4.78, 5) is 37.0. The molecular weight excluding hydrogens is 556 g/mol. The molecule has 1 amide bonds. The van der Waals surface area contributed by atoms with Gasteiger partial charge in [-0.1, -0.05) is 34.4 Å². The molecule has 0 saturated heterocycles. The molecule has 1 heterocycles. The van der Waals surface area contributed by atoms with Gasteiger partial charge in [-0.15, -0.1) is 0 Å². The smallest absolute Gasteiger partial charge is 0.479 e. The molecule has 0 fully saturated rings. The van der Waals surface area contributed by atoms with Gasteiger partial charge in [0.1, 0.15) is 7.11 Å². The van der Waals surface area contributed by atoms with Gasteiger partial charge in [0.15, 0.2) is 12.5 Å². The van der Waals surface area contributed by atoms with Gasteiger partial charge >= 0.3 is 6.16 Å². The lowest BCUT2D eigenvalue weighted by Gasteiger charge is -2.26. The molecule has 0 saturated carbocycles. The van der Waals surface area contributed by atoms with E-state index in [9.17, 15) is 14.0 Å². The fourth-order valence-electron chi connectivity index (χ4n) is 3.76. The van der Waals surface area contributed by atoms with Crippen molar-refractivity contribution in [2.45, 2.75) is 39.8 Å². The lowest BCUT2D eigenvalue weighted by atomic mass is 9.97. The van der Waals surface area contributed by atoms with Gasteiger partial charge in [0.2, 0.25) is 12.1 Å². The third-order valence-electron chi connectivity index (χ3n) is 5.54. The summed E-state index contributed by atoms with van der Waals surface area (Å²) in [7, 11) is 1.40. The molecular formula is C26H28Cl2FN3O7. The summed E-state index contributed by atoms with van der Waals surface area (Å²) in [6.07, 6.45) is -1.37. The summed E-state index contributed by atoms with van der Waals surface area (Å²) in [6.45, 7) is 5.25. The van der Waals surface area contributed by atoms with Crippen LogP contribution in [0.3, 0.4) is 0 Å². The predicted octanol–water partition coefficient (Wildman–Crippen LogP) is 5.70. The number of halogens is 3. The molecule has 0 spiro atoms. The van der Waals surface area contributed by atoms with Crippen LogP contribution in [0, 0.1) is 12.7 Å². The topological polar surface area (TPSA) is 108 Å². The minimum Gasteiger partial charge on any atom is -0.479 e. The maximum atomic E-state index is 13.9. The number of rotatable bonds is 10. The van der Waals surface area contributed by atoms with Crippen LogP contribution in [-0.2, 0) is 30.3 Å². The zero-order valence-electron chi connectivity index (χ0n) is 21.8. The van der Waals surface area contributed by atoms with Crippen LogP contribution in [0.5, 0.6) is 0 Å². The summed E-state index contributed by atoms with van der Waals surface area (Å²) in [5.74, 6) is -0.846. The lowest BCUT2D eigenvalue weighted by Crippen LogP contribution is -2.43. The molecule has 39 heavy (non-hydrogen) atoms. The number of amides is 1. The molecule has 210 valence electrons. The maximum Gasteiger partial charge on any atom is 0.510 e. The molecule has 13 heteroatoms. The summed E-state index contributed by atoms with van der Waals surface area (Å²) >= 11 is 11.9. The van der Waals surface area contributed by atoms with E-state index in [-0.39, 0.29) is 29.5 Å². The number of ether oxygens (including phenoxy) is 3. The Hall–Kier alpha value is -3.57. The van der Waals surface area contributed by atoms with E-state index in [2.05, 4.69) is 10.3 Å². The largest absolute Gasteiger partial charge is 0.510 e. The highest BCUT2D eigenvalue weighted by molar-refractivity contribution is 6.35. The van der Waals surface area contributed by atoms with E-state index in [4.69, 9.17) is 47.1 Å². The number of hydrogen-bond acceptors (Lipinski definition) is 9. The first-order valence-corrected chi connectivity index (χ1v) is 12.7. The second-order valence-electron chi connectivity index (χ2n) is 8.21. The van der Waals surface area contributed by atoms with Gasteiger partial charge in [0.25, 0.3) is 5.91 Å². The average Bonchev–Trinajstić information content (AvgIpc) is 3.35. The quantitative estimate of drug-likeness (QED) is 0.116. The Morgan fingerprint density at radius 2 is 1.87 bits per heavy atom. The van der Waals surface area contributed by atoms with Crippen LogP contribution >= 0.6 is 23.2 Å². The van der Waals surface area contributed by atoms with Crippen LogP contribution < -0.4 is 0 Å². The monoisotopic (exact) mass is 583 g/mol. The molecule has 0 aliphatic carbocycles. The first-order valence-electron chi connectivity index (χ1n) is 12.0. The summed E-state index contributed by atoms with van der Waals surface area (Å²) in [6, 6.07) is 7.97. The van der Waals surface area contributed by atoms with E-state index in [0.717, 1.165) is 0 Å². The van der Waals surface area contributed by atoms with Crippen molar-refractivity contribution in [3.63, 3.8) is 0 Å². The van der Waals surface area contributed by atoms with Gasteiger partial charge in [0, 0.05) is 12.0 Å². The fraction of sp³-hybridized carbons (Fsp3) is 0.385. The van der Waals surface area contributed by atoms with Crippen molar-refractivity contribution in [2.24, 2.45) is 10.3 Å². The third kappa shape index (κ3) is 7.73. The van der Waals surface area contributed by atoms with Gasteiger partial charge in [0.05, 0.1) is 35.4 Å². The van der Waals surface area contributed by atoms with Gasteiger partial charge in [-0.05, 0) is 66.9 Å². The minimum absolute atomic E-state index is 0.109. The van der Waals surface area contributed by atoms with Crippen molar-refractivity contribution in [1.29, 1.82) is 0 Å². The molecule has 3 rings (SSSR count). The van der Waals surface area contributed by atoms with Crippen LogP contribution in [0.25, 0.3) is 0 Å². The Labute approximate surface area is 235 Å². The lowest BCUT2D eigenvalue weighted by molar-refractivity contribution is -0.0668. The summed E-state index contributed by atoms with van der Waals surface area (Å²) in [5, 5.41) is 7.74. The summed E-state index contributed by atoms with van der Waals surface area (Å²) < 4.78 is 29.2. The Balaban J connectivity index is 1.85. The Morgan fingerprint density at radius 3 is 2.49 bits per heavy atom. The first kappa shape index (κ1) is 30.0. The number of aryl methyl sites for hydroxylation is 1. The van der Waals surface area contributed by atoms with Crippen LogP contribution in [0.2, 0.25) is 10.0 Å². The first-order chi connectivity index (χ1) is 18.7. The number of oxime groups is 2. The second-order valence-corrected chi connectivity index (χ2v) is 9.03. The number of hydrogen-bond donors (Lipinski definition) is 0. The number of nitrogens with zero attached hydrogens (tertiary/aromatic N) is 3. The Morgan fingerprint density at radius 1 is 1.15 bits per heavy atom. The molecule has 0 radical (unpaired) electrons. The van der Waals surface area contributed by atoms with Crippen molar-refractivity contribution in [3.05, 3.63) is 68.4 Å². The summed E-state index contributed by atoms with van der Waals surface area (Å²) in [5.41, 5.74) is 2.68. The molecule has 1 aliphatic rings. The SMILES string of the molecule is CCOC(=O)OCN(C(=O)c1ccc(/C(Cc2cc(Cl)c(F)c(Cl)c2)=N/OC)cc1C)C1CC(OCC)=NO1. The fourth-order valence-corrected chi connectivity index (χ4v) is 4.29. The number of carbonyl (C=O) groups excluding carboxylic acids is 2. The normalized spacial score (nSPS) is 14.8. The van der Waals surface area contributed by atoms with Crippen molar-refractivity contribution in [2.75, 3.05) is 27.1 Å². The minimum atomic E-state index is -0.923. The van der Waals surface area contributed by atoms with E-state index in [0.29, 0.717) is 40.5 Å². The highest BCUT2D eigenvalue weighted by atomic mass is 35.5. The van der Waals surface area contributed by atoms with Crippen LogP contribution in [0.4, 0.5) is 9.18 Å². The number of carbonyl (C=O) groups is 2. The van der Waals surface area contributed by atoms with Crippen molar-refractivity contribution in [3.8, 4) is 0 Å². The van der Waals surface area contributed by atoms with Gasteiger partial charge < -0.3 is 23.9 Å². The molecule has 0 aromatic heterocycles. The molecule has 1 atom stereocenters. The van der Waals surface area contributed by atoms with Crippen molar-refractivity contribution < 1.29 is 37.9 Å². The van der Waals surface area contributed by atoms with Crippen molar-refractivity contribution >= 4 is 46.9 Å². The van der Waals surface area contributed by atoms with Crippen molar-refractivity contribution in [1.82, 2.24) is 4.90 Å². The molecule has 2 aromatic carbocycles. The van der Waals surface area contributed by atoms with E-state index in [1.807, 2.05) is 0 Å². The van der Waals surface area contributed by atoms with Gasteiger partial charge in [-0.25, -0.2) is 9.18 Å².